The van der Waals surface area contributed by atoms with Gasteiger partial charge in [-0.25, -0.2) is 0 Å². The Hall–Kier alpha value is -2.23. The standard InChI is InChI=1S/C20H17Cl2NO2/c1-14-20(25-13-16-17(21)8-5-9-18(16)22)19(24)10-11-23(14)12-15-6-3-2-4-7-15/h2-11H,12-13H2,1H3. The van der Waals surface area contributed by atoms with E-state index in [1.54, 1.807) is 24.4 Å². The summed E-state index contributed by atoms with van der Waals surface area (Å²) >= 11 is 12.3. The second-order valence-electron chi connectivity index (χ2n) is 5.70. The maximum atomic E-state index is 12.2. The van der Waals surface area contributed by atoms with E-state index in [2.05, 4.69) is 0 Å². The summed E-state index contributed by atoms with van der Waals surface area (Å²) in [6.07, 6.45) is 1.78. The lowest BCUT2D eigenvalue weighted by molar-refractivity contribution is 0.297. The zero-order valence-corrected chi connectivity index (χ0v) is 15.2. The molecule has 128 valence electrons. The molecule has 0 amide bonds. The lowest BCUT2D eigenvalue weighted by Crippen LogP contribution is -2.15. The van der Waals surface area contributed by atoms with Crippen LogP contribution in [0.15, 0.2) is 65.6 Å². The fraction of sp³-hybridized carbons (Fsp3) is 0.150. The molecule has 3 aromatic rings. The number of hydrogen-bond acceptors (Lipinski definition) is 2. The fourth-order valence-electron chi connectivity index (χ4n) is 2.60. The zero-order valence-electron chi connectivity index (χ0n) is 13.7. The maximum Gasteiger partial charge on any atom is 0.223 e. The molecule has 5 heteroatoms. The van der Waals surface area contributed by atoms with Crippen LogP contribution in [0.5, 0.6) is 5.75 Å². The molecule has 0 saturated carbocycles. The summed E-state index contributed by atoms with van der Waals surface area (Å²) in [5.41, 5.74) is 2.42. The van der Waals surface area contributed by atoms with E-state index in [-0.39, 0.29) is 12.0 Å². The van der Waals surface area contributed by atoms with Crippen LogP contribution >= 0.6 is 23.2 Å². The molecule has 0 unspecified atom stereocenters. The van der Waals surface area contributed by atoms with Gasteiger partial charge in [-0.2, -0.15) is 0 Å². The summed E-state index contributed by atoms with van der Waals surface area (Å²) in [6, 6.07) is 16.8. The van der Waals surface area contributed by atoms with E-state index in [1.807, 2.05) is 41.8 Å². The zero-order chi connectivity index (χ0) is 17.8. The Balaban J connectivity index is 1.86. The fourth-order valence-corrected chi connectivity index (χ4v) is 3.10. The van der Waals surface area contributed by atoms with Gasteiger partial charge in [0, 0.05) is 34.4 Å². The molecule has 0 radical (unpaired) electrons. The third kappa shape index (κ3) is 4.06. The van der Waals surface area contributed by atoms with E-state index in [1.165, 1.54) is 6.07 Å². The lowest BCUT2D eigenvalue weighted by atomic mass is 10.2. The minimum atomic E-state index is -0.162. The van der Waals surface area contributed by atoms with E-state index in [4.69, 9.17) is 27.9 Å². The quantitative estimate of drug-likeness (QED) is 0.623. The van der Waals surface area contributed by atoms with Crippen molar-refractivity contribution in [2.24, 2.45) is 0 Å². The first-order valence-corrected chi connectivity index (χ1v) is 8.61. The Morgan fingerprint density at radius 3 is 2.32 bits per heavy atom. The summed E-state index contributed by atoms with van der Waals surface area (Å²) in [7, 11) is 0. The van der Waals surface area contributed by atoms with Crippen LogP contribution in [0.3, 0.4) is 0 Å². The van der Waals surface area contributed by atoms with Gasteiger partial charge in [0.15, 0.2) is 5.75 Å². The lowest BCUT2D eigenvalue weighted by Gasteiger charge is -2.16. The number of nitrogens with zero attached hydrogens (tertiary/aromatic N) is 1. The summed E-state index contributed by atoms with van der Waals surface area (Å²) < 4.78 is 7.78. The van der Waals surface area contributed by atoms with Crippen LogP contribution in [0.25, 0.3) is 0 Å². The summed E-state index contributed by atoms with van der Waals surface area (Å²) in [4.78, 5) is 12.2. The first kappa shape index (κ1) is 17.6. The van der Waals surface area contributed by atoms with Crippen molar-refractivity contribution in [1.82, 2.24) is 4.57 Å². The average Bonchev–Trinajstić information content (AvgIpc) is 2.60. The molecular weight excluding hydrogens is 357 g/mol. The van der Waals surface area contributed by atoms with Gasteiger partial charge < -0.3 is 9.30 Å². The highest BCUT2D eigenvalue weighted by Gasteiger charge is 2.12. The molecule has 0 bridgehead atoms. The second kappa shape index (κ2) is 7.77. The molecule has 0 atom stereocenters. The third-order valence-corrected chi connectivity index (χ3v) is 4.72. The molecule has 0 N–H and O–H groups in total. The van der Waals surface area contributed by atoms with Crippen LogP contribution in [0, 0.1) is 6.92 Å². The maximum absolute atomic E-state index is 12.2. The van der Waals surface area contributed by atoms with Crippen molar-refractivity contribution in [3.63, 3.8) is 0 Å². The minimum absolute atomic E-state index is 0.143. The topological polar surface area (TPSA) is 31.2 Å². The van der Waals surface area contributed by atoms with Gasteiger partial charge >= 0.3 is 0 Å². The molecule has 1 heterocycles. The van der Waals surface area contributed by atoms with E-state index in [0.29, 0.717) is 27.9 Å². The highest BCUT2D eigenvalue weighted by atomic mass is 35.5. The second-order valence-corrected chi connectivity index (χ2v) is 6.51. The Bertz CT molecular complexity index is 916. The largest absolute Gasteiger partial charge is 0.483 e. The molecule has 0 spiro atoms. The van der Waals surface area contributed by atoms with Gasteiger partial charge in [0.1, 0.15) is 6.61 Å². The average molecular weight is 374 g/mol. The van der Waals surface area contributed by atoms with E-state index >= 15 is 0 Å². The van der Waals surface area contributed by atoms with Gasteiger partial charge in [0.2, 0.25) is 5.43 Å². The monoisotopic (exact) mass is 373 g/mol. The molecule has 3 nitrogen and oxygen atoms in total. The molecule has 3 rings (SSSR count). The highest BCUT2D eigenvalue weighted by Crippen LogP contribution is 2.26. The summed E-state index contributed by atoms with van der Waals surface area (Å²) in [5.74, 6) is 0.314. The Morgan fingerprint density at radius 1 is 0.960 bits per heavy atom. The molecule has 0 aliphatic rings. The third-order valence-electron chi connectivity index (χ3n) is 4.01. The molecule has 0 aliphatic carbocycles. The number of halogens is 2. The Morgan fingerprint density at radius 2 is 1.64 bits per heavy atom. The molecule has 0 fully saturated rings. The van der Waals surface area contributed by atoms with Crippen molar-refractivity contribution in [3.8, 4) is 5.75 Å². The van der Waals surface area contributed by atoms with Gasteiger partial charge in [-0.1, -0.05) is 59.6 Å². The molecule has 2 aromatic carbocycles. The normalized spacial score (nSPS) is 10.7. The van der Waals surface area contributed by atoms with Crippen molar-refractivity contribution in [3.05, 3.63) is 97.9 Å². The van der Waals surface area contributed by atoms with Gasteiger partial charge in [0.25, 0.3) is 0 Å². The summed E-state index contributed by atoms with van der Waals surface area (Å²) in [6.45, 7) is 2.67. The van der Waals surface area contributed by atoms with Crippen molar-refractivity contribution in [1.29, 1.82) is 0 Å². The molecule has 25 heavy (non-hydrogen) atoms. The van der Waals surface area contributed by atoms with Crippen LogP contribution in [0.1, 0.15) is 16.8 Å². The number of hydrogen-bond donors (Lipinski definition) is 0. The summed E-state index contributed by atoms with van der Waals surface area (Å²) in [5, 5.41) is 1.04. The predicted molar refractivity (Wildman–Crippen MR) is 102 cm³/mol. The first-order chi connectivity index (χ1) is 12.1. The van der Waals surface area contributed by atoms with Crippen molar-refractivity contribution < 1.29 is 4.74 Å². The van der Waals surface area contributed by atoms with Crippen LogP contribution in [-0.4, -0.2) is 4.57 Å². The van der Waals surface area contributed by atoms with Gasteiger partial charge in [0.05, 0.1) is 5.69 Å². The van der Waals surface area contributed by atoms with Crippen molar-refractivity contribution in [2.75, 3.05) is 0 Å². The SMILES string of the molecule is Cc1c(OCc2c(Cl)cccc2Cl)c(=O)ccn1Cc1ccccc1. The van der Waals surface area contributed by atoms with Gasteiger partial charge in [-0.05, 0) is 24.6 Å². The Kier molecular flexibility index (Phi) is 5.47. The van der Waals surface area contributed by atoms with Crippen LogP contribution in [0.4, 0.5) is 0 Å². The number of ether oxygens (including phenoxy) is 1. The molecule has 0 aliphatic heterocycles. The molecule has 1 aromatic heterocycles. The first-order valence-electron chi connectivity index (χ1n) is 7.86. The number of benzene rings is 2. The van der Waals surface area contributed by atoms with Crippen LogP contribution < -0.4 is 10.2 Å². The Labute approximate surface area is 156 Å². The van der Waals surface area contributed by atoms with Crippen molar-refractivity contribution in [2.45, 2.75) is 20.1 Å². The van der Waals surface area contributed by atoms with E-state index in [0.717, 1.165) is 11.3 Å². The predicted octanol–water partition coefficient (Wildman–Crippen LogP) is 5.09. The number of pyridine rings is 1. The molecule has 0 saturated heterocycles. The van der Waals surface area contributed by atoms with Gasteiger partial charge in [-0.3, -0.25) is 4.79 Å². The van der Waals surface area contributed by atoms with E-state index < -0.39 is 0 Å². The smallest absolute Gasteiger partial charge is 0.223 e. The minimum Gasteiger partial charge on any atom is -0.483 e. The van der Waals surface area contributed by atoms with E-state index in [9.17, 15) is 4.79 Å². The van der Waals surface area contributed by atoms with Crippen LogP contribution in [-0.2, 0) is 13.2 Å². The van der Waals surface area contributed by atoms with Crippen LogP contribution in [0.2, 0.25) is 10.0 Å². The van der Waals surface area contributed by atoms with Gasteiger partial charge in [-0.15, -0.1) is 0 Å². The number of rotatable bonds is 5. The number of aromatic nitrogens is 1. The molecular formula is C20H17Cl2NO2. The highest BCUT2D eigenvalue weighted by molar-refractivity contribution is 6.35. The van der Waals surface area contributed by atoms with Crippen molar-refractivity contribution >= 4 is 23.2 Å².